The number of halogens is 1. The number of benzene rings is 2. The molecule has 10 heteroatoms. The fourth-order valence-corrected chi connectivity index (χ4v) is 4.77. The van der Waals surface area contributed by atoms with Crippen LogP contribution in [0.15, 0.2) is 78.4 Å². The normalized spacial score (nSPS) is 11.0. The van der Waals surface area contributed by atoms with Crippen LogP contribution in [0.2, 0.25) is 0 Å². The number of anilines is 2. The van der Waals surface area contributed by atoms with Gasteiger partial charge in [0.05, 0.1) is 27.1 Å². The van der Waals surface area contributed by atoms with Crippen LogP contribution in [0.3, 0.4) is 0 Å². The molecule has 0 aliphatic rings. The highest BCUT2D eigenvalue weighted by Gasteiger charge is 2.18. The summed E-state index contributed by atoms with van der Waals surface area (Å²) in [7, 11) is 1.92. The van der Waals surface area contributed by atoms with Crippen molar-refractivity contribution in [2.24, 2.45) is 4.99 Å². The molecule has 2 amide bonds. The molecule has 2 aromatic heterocycles. The average molecular weight is 560 g/mol. The van der Waals surface area contributed by atoms with Crippen molar-refractivity contribution in [1.29, 1.82) is 0 Å². The number of amides is 2. The standard InChI is InChI=1S/C30H30FN5O3S/c1-5-35(4)19-33-20(3)27-17-24-30(40-27)26(14-15-32-24)39-25-13-12-21(16-23(25)31)34-28(37)18-29(38)36(6-2)22-10-8-7-9-11-22/h7-17,19H,3,5-6,18H2,1-2,4H3,(H,34,37). The van der Waals surface area contributed by atoms with Crippen LogP contribution >= 0.6 is 11.3 Å². The topological polar surface area (TPSA) is 87.1 Å². The number of fused-ring (bicyclic) bond motifs is 1. The van der Waals surface area contributed by atoms with Gasteiger partial charge in [-0.3, -0.25) is 14.6 Å². The molecule has 0 spiro atoms. The molecule has 0 aliphatic heterocycles. The quantitative estimate of drug-likeness (QED) is 0.128. The first kappa shape index (κ1) is 28.4. The Kier molecular flexibility index (Phi) is 9.23. The molecule has 0 atom stereocenters. The number of nitrogens with one attached hydrogen (secondary N) is 1. The first-order valence-corrected chi connectivity index (χ1v) is 13.6. The van der Waals surface area contributed by atoms with Crippen LogP contribution in [0.1, 0.15) is 25.1 Å². The average Bonchev–Trinajstić information content (AvgIpc) is 3.39. The molecule has 2 heterocycles. The molecule has 40 heavy (non-hydrogen) atoms. The number of aliphatic imine (C=N–C) groups is 1. The van der Waals surface area contributed by atoms with E-state index >= 15 is 0 Å². The highest BCUT2D eigenvalue weighted by atomic mass is 32.1. The summed E-state index contributed by atoms with van der Waals surface area (Å²) in [6, 6.07) is 16.7. The minimum absolute atomic E-state index is 0.0146. The van der Waals surface area contributed by atoms with Crippen LogP contribution in [0, 0.1) is 5.82 Å². The first-order valence-electron chi connectivity index (χ1n) is 12.7. The number of nitrogens with zero attached hydrogens (tertiary/aromatic N) is 4. The number of rotatable bonds is 11. The second-order valence-electron chi connectivity index (χ2n) is 8.84. The molecule has 0 aliphatic carbocycles. The van der Waals surface area contributed by atoms with Gasteiger partial charge in [0.25, 0.3) is 0 Å². The largest absolute Gasteiger partial charge is 0.453 e. The SMILES string of the molecule is C=C(N=CN(C)CC)c1cc2nccc(Oc3ccc(NC(=O)CC(=O)N(CC)c4ccccc4)cc3F)c2s1. The monoisotopic (exact) mass is 559 g/mol. The molecule has 2 aromatic carbocycles. The maximum Gasteiger partial charge on any atom is 0.236 e. The summed E-state index contributed by atoms with van der Waals surface area (Å²) in [6.45, 7) is 9.13. The lowest BCUT2D eigenvalue weighted by atomic mass is 10.2. The summed E-state index contributed by atoms with van der Waals surface area (Å²) in [4.78, 5) is 38.3. The van der Waals surface area contributed by atoms with Gasteiger partial charge in [-0.2, -0.15) is 0 Å². The van der Waals surface area contributed by atoms with Gasteiger partial charge in [0.1, 0.15) is 12.2 Å². The minimum atomic E-state index is -0.665. The van der Waals surface area contributed by atoms with E-state index in [-0.39, 0.29) is 23.8 Å². The molecular weight excluding hydrogens is 529 g/mol. The van der Waals surface area contributed by atoms with E-state index in [0.29, 0.717) is 29.2 Å². The lowest BCUT2D eigenvalue weighted by Gasteiger charge is -2.20. The van der Waals surface area contributed by atoms with Gasteiger partial charge >= 0.3 is 0 Å². The Morgan fingerprint density at radius 3 is 2.58 bits per heavy atom. The molecule has 1 N–H and O–H groups in total. The van der Waals surface area contributed by atoms with Crippen LogP contribution in [-0.4, -0.2) is 48.2 Å². The molecule has 4 rings (SSSR count). The van der Waals surface area contributed by atoms with Crippen molar-refractivity contribution in [2.75, 3.05) is 30.4 Å². The van der Waals surface area contributed by atoms with Crippen molar-refractivity contribution in [3.63, 3.8) is 0 Å². The number of carbonyl (C=O) groups is 2. The Bertz CT molecular complexity index is 1550. The fourth-order valence-electron chi connectivity index (χ4n) is 3.78. The molecule has 0 bridgehead atoms. The maximum absolute atomic E-state index is 15.0. The summed E-state index contributed by atoms with van der Waals surface area (Å²) in [5.74, 6) is -1.14. The number of thiophene rings is 1. The molecule has 206 valence electrons. The van der Waals surface area contributed by atoms with Crippen molar-refractivity contribution in [3.05, 3.63) is 84.1 Å². The van der Waals surface area contributed by atoms with Crippen molar-refractivity contribution >= 4 is 56.8 Å². The first-order chi connectivity index (χ1) is 19.3. The van der Waals surface area contributed by atoms with E-state index in [1.807, 2.05) is 50.1 Å². The second kappa shape index (κ2) is 13.0. The Balaban J connectivity index is 1.44. The van der Waals surface area contributed by atoms with Crippen LogP contribution in [0.4, 0.5) is 15.8 Å². The van der Waals surface area contributed by atoms with Crippen LogP contribution in [0.5, 0.6) is 11.5 Å². The van der Waals surface area contributed by atoms with Crippen LogP contribution in [-0.2, 0) is 9.59 Å². The maximum atomic E-state index is 15.0. The molecular formula is C30H30FN5O3S. The predicted octanol–water partition coefficient (Wildman–Crippen LogP) is 6.56. The Morgan fingerprint density at radius 2 is 1.88 bits per heavy atom. The van der Waals surface area contributed by atoms with Gasteiger partial charge < -0.3 is 19.9 Å². The van der Waals surface area contributed by atoms with Gasteiger partial charge in [0.15, 0.2) is 11.6 Å². The highest BCUT2D eigenvalue weighted by molar-refractivity contribution is 7.20. The molecule has 0 unspecified atom stereocenters. The smallest absolute Gasteiger partial charge is 0.236 e. The summed E-state index contributed by atoms with van der Waals surface area (Å²) in [6.07, 6.45) is 2.93. The van der Waals surface area contributed by atoms with E-state index in [2.05, 4.69) is 21.9 Å². The van der Waals surface area contributed by atoms with Gasteiger partial charge in [0.2, 0.25) is 11.8 Å². The Morgan fingerprint density at radius 1 is 1.10 bits per heavy atom. The van der Waals surface area contributed by atoms with Gasteiger partial charge in [-0.15, -0.1) is 11.3 Å². The third-order valence-corrected chi connectivity index (χ3v) is 7.19. The van der Waals surface area contributed by atoms with Gasteiger partial charge in [0, 0.05) is 49.8 Å². The molecule has 0 fully saturated rings. The summed E-state index contributed by atoms with van der Waals surface area (Å²) >= 11 is 1.40. The fraction of sp³-hybridized carbons (Fsp3) is 0.200. The lowest BCUT2D eigenvalue weighted by molar-refractivity contribution is -0.125. The molecule has 8 nitrogen and oxygen atoms in total. The minimum Gasteiger partial charge on any atom is -0.453 e. The van der Waals surface area contributed by atoms with E-state index in [0.717, 1.165) is 22.2 Å². The number of ether oxygens (including phenoxy) is 1. The zero-order valence-electron chi connectivity index (χ0n) is 22.6. The number of pyridine rings is 1. The zero-order chi connectivity index (χ0) is 28.6. The molecule has 4 aromatic rings. The number of hydrogen-bond acceptors (Lipinski definition) is 6. The Hall–Kier alpha value is -4.57. The third kappa shape index (κ3) is 6.89. The highest BCUT2D eigenvalue weighted by Crippen LogP contribution is 2.38. The molecule has 0 radical (unpaired) electrons. The van der Waals surface area contributed by atoms with Gasteiger partial charge in [-0.05, 0) is 44.2 Å². The molecule has 0 saturated heterocycles. The predicted molar refractivity (Wildman–Crippen MR) is 160 cm³/mol. The number of carbonyl (C=O) groups excluding carboxylic acids is 2. The third-order valence-electron chi connectivity index (χ3n) is 6.00. The number of aromatic nitrogens is 1. The number of para-hydroxylation sites is 1. The van der Waals surface area contributed by atoms with Crippen molar-refractivity contribution in [3.8, 4) is 11.5 Å². The lowest BCUT2D eigenvalue weighted by Crippen LogP contribution is -2.33. The van der Waals surface area contributed by atoms with Gasteiger partial charge in [-0.25, -0.2) is 9.38 Å². The van der Waals surface area contributed by atoms with Crippen molar-refractivity contribution in [2.45, 2.75) is 20.3 Å². The summed E-state index contributed by atoms with van der Waals surface area (Å²) < 4.78 is 21.6. The van der Waals surface area contributed by atoms with Gasteiger partial charge in [-0.1, -0.05) is 24.8 Å². The van der Waals surface area contributed by atoms with E-state index in [9.17, 15) is 14.0 Å². The summed E-state index contributed by atoms with van der Waals surface area (Å²) in [5, 5.41) is 2.59. The summed E-state index contributed by atoms with van der Waals surface area (Å²) in [5.41, 5.74) is 2.20. The van der Waals surface area contributed by atoms with Crippen molar-refractivity contribution in [1.82, 2.24) is 9.88 Å². The Labute approximate surface area is 236 Å². The molecule has 0 saturated carbocycles. The van der Waals surface area contributed by atoms with E-state index in [1.165, 1.54) is 28.4 Å². The number of hydrogen-bond donors (Lipinski definition) is 1. The van der Waals surface area contributed by atoms with E-state index < -0.39 is 11.7 Å². The second-order valence-corrected chi connectivity index (χ2v) is 9.90. The van der Waals surface area contributed by atoms with Crippen LogP contribution in [0.25, 0.3) is 15.9 Å². The van der Waals surface area contributed by atoms with Crippen LogP contribution < -0.4 is 15.0 Å². The van der Waals surface area contributed by atoms with E-state index in [1.54, 1.807) is 30.7 Å². The van der Waals surface area contributed by atoms with Crippen molar-refractivity contribution < 1.29 is 18.7 Å². The zero-order valence-corrected chi connectivity index (χ0v) is 23.4. The van der Waals surface area contributed by atoms with E-state index in [4.69, 9.17) is 4.74 Å².